The van der Waals surface area contributed by atoms with Crippen molar-refractivity contribution in [1.82, 2.24) is 9.88 Å². The topological polar surface area (TPSA) is 16.1 Å². The van der Waals surface area contributed by atoms with Crippen LogP contribution in [0.2, 0.25) is 0 Å². The van der Waals surface area contributed by atoms with Crippen molar-refractivity contribution in [2.24, 2.45) is 5.41 Å². The van der Waals surface area contributed by atoms with E-state index < -0.39 is 0 Å². The Labute approximate surface area is 136 Å². The Kier molecular flexibility index (Phi) is 5.09. The summed E-state index contributed by atoms with van der Waals surface area (Å²) in [5.41, 5.74) is 1.53. The van der Waals surface area contributed by atoms with Gasteiger partial charge in [-0.15, -0.1) is 0 Å². The maximum absolute atomic E-state index is 13.2. The minimum atomic E-state index is -0.279. The molecule has 118 valence electrons. The van der Waals surface area contributed by atoms with Gasteiger partial charge in [-0.1, -0.05) is 6.92 Å². The molecule has 0 saturated carbocycles. The second-order valence-electron chi connectivity index (χ2n) is 7.27. The van der Waals surface area contributed by atoms with Crippen molar-refractivity contribution in [3.8, 4) is 0 Å². The van der Waals surface area contributed by atoms with Gasteiger partial charge in [0.25, 0.3) is 0 Å². The first-order valence-corrected chi connectivity index (χ1v) is 8.60. The molecule has 0 amide bonds. The van der Waals surface area contributed by atoms with Crippen LogP contribution in [0.15, 0.2) is 16.7 Å². The number of pyridine rings is 1. The van der Waals surface area contributed by atoms with E-state index in [9.17, 15) is 4.39 Å². The van der Waals surface area contributed by atoms with Gasteiger partial charge in [-0.3, -0.25) is 9.88 Å². The molecule has 0 aliphatic carbocycles. The summed E-state index contributed by atoms with van der Waals surface area (Å²) in [7, 11) is 0. The van der Waals surface area contributed by atoms with E-state index in [4.69, 9.17) is 0 Å². The van der Waals surface area contributed by atoms with E-state index >= 15 is 0 Å². The molecule has 0 atom stereocenters. The molecule has 1 aromatic rings. The predicted octanol–water partition coefficient (Wildman–Crippen LogP) is 4.82. The molecule has 0 unspecified atom stereocenters. The summed E-state index contributed by atoms with van der Waals surface area (Å²) in [6, 6.07) is 1.52. The highest BCUT2D eigenvalue weighted by atomic mass is 79.9. The molecule has 2 heterocycles. The van der Waals surface area contributed by atoms with Gasteiger partial charge in [-0.2, -0.15) is 0 Å². The molecule has 1 aliphatic heterocycles. The highest BCUT2D eigenvalue weighted by Gasteiger charge is 2.36. The van der Waals surface area contributed by atoms with Crippen LogP contribution >= 0.6 is 15.9 Å². The zero-order chi connectivity index (χ0) is 15.7. The molecule has 0 bridgehead atoms. The minimum Gasteiger partial charge on any atom is -0.298 e. The molecular formula is C17H26BrFN2. The van der Waals surface area contributed by atoms with E-state index in [2.05, 4.69) is 53.5 Å². The van der Waals surface area contributed by atoms with E-state index in [-0.39, 0.29) is 11.4 Å². The minimum absolute atomic E-state index is 0.245. The molecule has 2 rings (SSSR count). The van der Waals surface area contributed by atoms with Gasteiger partial charge in [-0.25, -0.2) is 4.39 Å². The maximum atomic E-state index is 13.2. The number of aromatic nitrogens is 1. The molecule has 0 spiro atoms. The van der Waals surface area contributed by atoms with Gasteiger partial charge in [0.05, 0.1) is 11.9 Å². The van der Waals surface area contributed by atoms with Crippen molar-refractivity contribution in [3.05, 3.63) is 28.2 Å². The van der Waals surface area contributed by atoms with Crippen LogP contribution in [-0.2, 0) is 6.42 Å². The Morgan fingerprint density at radius 2 is 1.95 bits per heavy atom. The number of likely N-dealkylation sites (tertiary alicyclic amines) is 1. The number of hydrogen-bond donors (Lipinski definition) is 0. The third-order valence-corrected chi connectivity index (χ3v) is 5.64. The van der Waals surface area contributed by atoms with Gasteiger partial charge in [-0.05, 0) is 87.0 Å². The molecular weight excluding hydrogens is 331 g/mol. The van der Waals surface area contributed by atoms with Crippen LogP contribution in [0, 0.1) is 11.2 Å². The van der Waals surface area contributed by atoms with Crippen LogP contribution in [0.3, 0.4) is 0 Å². The number of hydrogen-bond acceptors (Lipinski definition) is 2. The maximum Gasteiger partial charge on any atom is 0.142 e. The zero-order valence-electron chi connectivity index (χ0n) is 13.5. The van der Waals surface area contributed by atoms with Gasteiger partial charge >= 0.3 is 0 Å². The zero-order valence-corrected chi connectivity index (χ0v) is 15.1. The highest BCUT2D eigenvalue weighted by Crippen LogP contribution is 2.40. The number of halogens is 2. The fourth-order valence-corrected chi connectivity index (χ4v) is 3.70. The summed E-state index contributed by atoms with van der Waals surface area (Å²) < 4.78 is 14.0. The van der Waals surface area contributed by atoms with Crippen molar-refractivity contribution in [3.63, 3.8) is 0 Å². The van der Waals surface area contributed by atoms with Gasteiger partial charge in [0.1, 0.15) is 5.82 Å². The van der Waals surface area contributed by atoms with E-state index in [1.807, 2.05) is 0 Å². The summed E-state index contributed by atoms with van der Waals surface area (Å²) in [4.78, 5) is 6.86. The van der Waals surface area contributed by atoms with Gasteiger partial charge in [0, 0.05) is 10.0 Å². The average molecular weight is 357 g/mol. The van der Waals surface area contributed by atoms with E-state index in [0.29, 0.717) is 5.41 Å². The summed E-state index contributed by atoms with van der Waals surface area (Å²) in [5, 5.41) is 0. The molecule has 1 fully saturated rings. The van der Waals surface area contributed by atoms with Crippen LogP contribution in [-0.4, -0.2) is 28.5 Å². The molecule has 21 heavy (non-hydrogen) atoms. The monoisotopic (exact) mass is 356 g/mol. The predicted molar refractivity (Wildman–Crippen MR) is 88.9 cm³/mol. The molecule has 1 saturated heterocycles. The van der Waals surface area contributed by atoms with E-state index in [1.54, 1.807) is 0 Å². The van der Waals surface area contributed by atoms with Crippen molar-refractivity contribution in [2.45, 2.75) is 58.9 Å². The lowest BCUT2D eigenvalue weighted by Crippen LogP contribution is -2.49. The average Bonchev–Trinajstić information content (AvgIpc) is 2.41. The number of piperidine rings is 1. The Bertz CT molecular complexity index is 488. The standard InChI is InChI=1S/C17H26BrFN2/c1-5-17(6-8-21(9-7-17)16(2,3)4)11-15-14(18)10-13(19)12-20-15/h10,12H,5-9,11H2,1-4H3. The first-order valence-electron chi connectivity index (χ1n) is 7.81. The van der Waals surface area contributed by atoms with Crippen molar-refractivity contribution < 1.29 is 4.39 Å². The van der Waals surface area contributed by atoms with Crippen molar-refractivity contribution >= 4 is 15.9 Å². The summed E-state index contributed by atoms with van der Waals surface area (Å²) >= 11 is 3.46. The Hall–Kier alpha value is -0.480. The van der Waals surface area contributed by atoms with Crippen LogP contribution in [0.1, 0.15) is 52.7 Å². The third-order valence-electron chi connectivity index (χ3n) is 4.95. The number of rotatable bonds is 3. The molecule has 1 aromatic heterocycles. The largest absolute Gasteiger partial charge is 0.298 e. The van der Waals surface area contributed by atoms with Gasteiger partial charge in [0.2, 0.25) is 0 Å². The lowest BCUT2D eigenvalue weighted by molar-refractivity contribution is 0.0396. The SMILES string of the molecule is CCC1(Cc2ncc(F)cc2Br)CCN(C(C)(C)C)CC1. The summed E-state index contributed by atoms with van der Waals surface area (Å²) in [5.74, 6) is -0.279. The Morgan fingerprint density at radius 1 is 1.33 bits per heavy atom. The van der Waals surface area contributed by atoms with Gasteiger partial charge < -0.3 is 0 Å². The normalized spacial score (nSPS) is 19.7. The first kappa shape index (κ1) is 16.9. The second-order valence-corrected chi connectivity index (χ2v) is 8.12. The lowest BCUT2D eigenvalue weighted by atomic mass is 9.72. The Balaban J connectivity index is 2.10. The van der Waals surface area contributed by atoms with Crippen LogP contribution < -0.4 is 0 Å². The highest BCUT2D eigenvalue weighted by molar-refractivity contribution is 9.10. The molecule has 2 nitrogen and oxygen atoms in total. The van der Waals surface area contributed by atoms with Crippen LogP contribution in [0.5, 0.6) is 0 Å². The second kappa shape index (κ2) is 6.33. The van der Waals surface area contributed by atoms with E-state index in [0.717, 1.165) is 36.1 Å². The lowest BCUT2D eigenvalue weighted by Gasteiger charge is -2.46. The van der Waals surface area contributed by atoms with E-state index in [1.165, 1.54) is 25.1 Å². The smallest absolute Gasteiger partial charge is 0.142 e. The van der Waals surface area contributed by atoms with Crippen LogP contribution in [0.4, 0.5) is 4.39 Å². The molecule has 0 radical (unpaired) electrons. The molecule has 0 aromatic carbocycles. The Morgan fingerprint density at radius 3 is 2.43 bits per heavy atom. The number of nitrogens with zero attached hydrogens (tertiary/aromatic N) is 2. The van der Waals surface area contributed by atoms with Crippen molar-refractivity contribution in [1.29, 1.82) is 0 Å². The summed E-state index contributed by atoms with van der Waals surface area (Å²) in [6.07, 6.45) is 5.78. The first-order chi connectivity index (χ1) is 9.76. The van der Waals surface area contributed by atoms with Crippen LogP contribution in [0.25, 0.3) is 0 Å². The quantitative estimate of drug-likeness (QED) is 0.771. The third kappa shape index (κ3) is 4.04. The van der Waals surface area contributed by atoms with Crippen molar-refractivity contribution in [2.75, 3.05) is 13.1 Å². The fraction of sp³-hybridized carbons (Fsp3) is 0.706. The fourth-order valence-electron chi connectivity index (χ4n) is 3.24. The molecule has 4 heteroatoms. The molecule has 0 N–H and O–H groups in total. The summed E-state index contributed by atoms with van der Waals surface area (Å²) in [6.45, 7) is 11.4. The van der Waals surface area contributed by atoms with Gasteiger partial charge in [0.15, 0.2) is 0 Å². The molecule has 1 aliphatic rings.